The van der Waals surface area contributed by atoms with E-state index in [1.165, 1.54) is 0 Å². The van der Waals surface area contributed by atoms with Gasteiger partial charge in [-0.15, -0.1) is 0 Å². The first kappa shape index (κ1) is 6.31. The summed E-state index contributed by atoms with van der Waals surface area (Å²) in [5.41, 5.74) is 0. The maximum atomic E-state index is 10.2. The van der Waals surface area contributed by atoms with Gasteiger partial charge in [0.15, 0.2) is 12.6 Å². The Morgan fingerprint density at radius 2 is 2.20 bits per heavy atom. The number of hydrogen-bond acceptors (Lipinski definition) is 3. The Morgan fingerprint density at radius 1 is 1.50 bits per heavy atom. The van der Waals surface area contributed by atoms with Crippen LogP contribution in [0.3, 0.4) is 0 Å². The largest absolute Gasteiger partial charge is 0.324 e. The van der Waals surface area contributed by atoms with E-state index in [4.69, 9.17) is 9.47 Å². The molecule has 1 aliphatic carbocycles. The summed E-state index contributed by atoms with van der Waals surface area (Å²) >= 11 is 0. The van der Waals surface area contributed by atoms with E-state index >= 15 is 0 Å². The van der Waals surface area contributed by atoms with Crippen LogP contribution in [-0.2, 0) is 14.3 Å². The van der Waals surface area contributed by atoms with E-state index in [-0.39, 0.29) is 18.5 Å². The van der Waals surface area contributed by atoms with Crippen LogP contribution in [0.4, 0.5) is 0 Å². The number of aldehydes is 1. The van der Waals surface area contributed by atoms with Gasteiger partial charge in [-0.1, -0.05) is 0 Å². The molecule has 0 amide bonds. The van der Waals surface area contributed by atoms with Gasteiger partial charge in [0, 0.05) is 11.8 Å². The molecule has 3 nitrogen and oxygen atoms in total. The molecule has 1 saturated carbocycles. The summed E-state index contributed by atoms with van der Waals surface area (Å²) in [5.74, 6) is 0.561. The maximum absolute atomic E-state index is 10.2. The summed E-state index contributed by atoms with van der Waals surface area (Å²) < 4.78 is 10.4. The maximum Gasteiger partial charge on any atom is 0.167 e. The third-order valence-corrected chi connectivity index (χ3v) is 2.07. The van der Waals surface area contributed by atoms with E-state index in [1.54, 1.807) is 0 Å². The zero-order chi connectivity index (χ0) is 7.14. The van der Waals surface area contributed by atoms with E-state index in [0.717, 1.165) is 12.7 Å². The van der Waals surface area contributed by atoms with Gasteiger partial charge in [0.25, 0.3) is 0 Å². The van der Waals surface area contributed by atoms with Crippen molar-refractivity contribution in [2.45, 2.75) is 25.9 Å². The lowest BCUT2D eigenvalue weighted by atomic mass is 10.3. The molecule has 0 radical (unpaired) electrons. The summed E-state index contributed by atoms with van der Waals surface area (Å²) in [6.07, 6.45) is 1.80. The summed E-state index contributed by atoms with van der Waals surface area (Å²) in [4.78, 5) is 10.2. The topological polar surface area (TPSA) is 35.5 Å². The van der Waals surface area contributed by atoms with Gasteiger partial charge in [-0.25, -0.2) is 0 Å². The highest BCUT2D eigenvalue weighted by Crippen LogP contribution is 2.44. The standard InChI is InChI=1S/C7H10O3/c1-4-9-7(10-4)6-2-5(6)3-8/h3-7H,2H2,1H3/t4?,5?,6-,7?/m1/s1. The lowest BCUT2D eigenvalue weighted by Gasteiger charge is -2.33. The zero-order valence-electron chi connectivity index (χ0n) is 5.82. The van der Waals surface area contributed by atoms with Crippen molar-refractivity contribution in [2.75, 3.05) is 0 Å². The Labute approximate surface area is 59.3 Å². The first-order valence-electron chi connectivity index (χ1n) is 3.57. The molecule has 0 aromatic rings. The van der Waals surface area contributed by atoms with Gasteiger partial charge >= 0.3 is 0 Å². The Hall–Kier alpha value is -0.410. The molecule has 56 valence electrons. The molecule has 2 atom stereocenters. The van der Waals surface area contributed by atoms with Crippen molar-refractivity contribution in [3.8, 4) is 0 Å². The summed E-state index contributed by atoms with van der Waals surface area (Å²) in [7, 11) is 0. The second kappa shape index (κ2) is 2.04. The molecule has 2 aliphatic rings. The molecule has 1 aliphatic heterocycles. The summed E-state index contributed by atoms with van der Waals surface area (Å²) in [5, 5.41) is 0. The van der Waals surface area contributed by atoms with Crippen LogP contribution in [-0.4, -0.2) is 18.9 Å². The molecule has 2 rings (SSSR count). The molecule has 1 saturated heterocycles. The second-order valence-corrected chi connectivity index (χ2v) is 2.91. The molecule has 2 fully saturated rings. The zero-order valence-corrected chi connectivity index (χ0v) is 5.82. The first-order chi connectivity index (χ1) is 4.81. The van der Waals surface area contributed by atoms with Crippen molar-refractivity contribution in [2.24, 2.45) is 11.8 Å². The predicted molar refractivity (Wildman–Crippen MR) is 33.1 cm³/mol. The van der Waals surface area contributed by atoms with Crippen LogP contribution in [0, 0.1) is 11.8 Å². The van der Waals surface area contributed by atoms with Gasteiger partial charge in [-0.3, -0.25) is 0 Å². The van der Waals surface area contributed by atoms with Crippen molar-refractivity contribution < 1.29 is 14.3 Å². The molecule has 0 spiro atoms. The van der Waals surface area contributed by atoms with Crippen molar-refractivity contribution in [3.05, 3.63) is 0 Å². The van der Waals surface area contributed by atoms with Crippen LogP contribution < -0.4 is 0 Å². The minimum Gasteiger partial charge on any atom is -0.324 e. The second-order valence-electron chi connectivity index (χ2n) is 2.91. The van der Waals surface area contributed by atoms with Gasteiger partial charge < -0.3 is 14.3 Å². The fraction of sp³-hybridized carbons (Fsp3) is 0.857. The summed E-state index contributed by atoms with van der Waals surface area (Å²) in [6, 6.07) is 0. The van der Waals surface area contributed by atoms with Gasteiger partial charge in [0.2, 0.25) is 0 Å². The lowest BCUT2D eigenvalue weighted by molar-refractivity contribution is -0.383. The SMILES string of the molecule is CC1OC([C@@H]2CC2C=O)O1. The smallest absolute Gasteiger partial charge is 0.167 e. The normalized spacial score (nSPS) is 51.7. The minimum absolute atomic E-state index is 0.0575. The van der Waals surface area contributed by atoms with E-state index in [0.29, 0.717) is 5.92 Å². The average Bonchev–Trinajstić information content (AvgIpc) is 2.59. The number of rotatable bonds is 2. The monoisotopic (exact) mass is 142 g/mol. The van der Waals surface area contributed by atoms with Crippen molar-refractivity contribution >= 4 is 6.29 Å². The Bertz CT molecular complexity index is 151. The van der Waals surface area contributed by atoms with Gasteiger partial charge in [-0.05, 0) is 13.3 Å². The van der Waals surface area contributed by atoms with E-state index in [1.807, 2.05) is 6.92 Å². The van der Waals surface area contributed by atoms with Crippen molar-refractivity contribution in [3.63, 3.8) is 0 Å². The van der Waals surface area contributed by atoms with Crippen LogP contribution in [0.1, 0.15) is 13.3 Å². The molecule has 0 N–H and O–H groups in total. The third kappa shape index (κ3) is 0.859. The Balaban J connectivity index is 1.78. The van der Waals surface area contributed by atoms with Crippen LogP contribution in [0.15, 0.2) is 0 Å². The molecule has 1 heterocycles. The average molecular weight is 142 g/mol. The van der Waals surface area contributed by atoms with Crippen molar-refractivity contribution in [1.82, 2.24) is 0 Å². The summed E-state index contributed by atoms with van der Waals surface area (Å²) in [6.45, 7) is 1.86. The van der Waals surface area contributed by atoms with Gasteiger partial charge in [0.1, 0.15) is 6.29 Å². The highest BCUT2D eigenvalue weighted by Gasteiger charge is 2.49. The number of ether oxygens (including phenoxy) is 2. The lowest BCUT2D eigenvalue weighted by Crippen LogP contribution is -2.40. The van der Waals surface area contributed by atoms with E-state index < -0.39 is 0 Å². The molecule has 0 aromatic carbocycles. The van der Waals surface area contributed by atoms with Gasteiger partial charge in [0.05, 0.1) is 0 Å². The van der Waals surface area contributed by atoms with E-state index in [9.17, 15) is 4.79 Å². The van der Waals surface area contributed by atoms with E-state index in [2.05, 4.69) is 0 Å². The molecule has 10 heavy (non-hydrogen) atoms. The minimum atomic E-state index is -0.0785. The van der Waals surface area contributed by atoms with Crippen LogP contribution in [0.25, 0.3) is 0 Å². The Kier molecular flexibility index (Phi) is 1.28. The number of carbonyl (C=O) groups is 1. The molecule has 3 heteroatoms. The van der Waals surface area contributed by atoms with Crippen molar-refractivity contribution in [1.29, 1.82) is 0 Å². The predicted octanol–water partition coefficient (Wildman–Crippen LogP) is 0.540. The Morgan fingerprint density at radius 3 is 2.60 bits per heavy atom. The quantitative estimate of drug-likeness (QED) is 0.528. The molecule has 0 bridgehead atoms. The molecule has 1 unspecified atom stereocenters. The van der Waals surface area contributed by atoms with Crippen LogP contribution >= 0.6 is 0 Å². The third-order valence-electron chi connectivity index (χ3n) is 2.07. The fourth-order valence-corrected chi connectivity index (χ4v) is 1.29. The number of carbonyl (C=O) groups excluding carboxylic acids is 1. The fourth-order valence-electron chi connectivity index (χ4n) is 1.29. The molecular weight excluding hydrogens is 132 g/mol. The first-order valence-corrected chi connectivity index (χ1v) is 3.57. The van der Waals surface area contributed by atoms with Crippen LogP contribution in [0.2, 0.25) is 0 Å². The van der Waals surface area contributed by atoms with Gasteiger partial charge in [-0.2, -0.15) is 0 Å². The molecule has 0 aromatic heterocycles. The highest BCUT2D eigenvalue weighted by atomic mass is 16.9. The van der Waals surface area contributed by atoms with Crippen LogP contribution in [0.5, 0.6) is 0 Å². The molecular formula is C7H10O3. The number of hydrogen-bond donors (Lipinski definition) is 0. The highest BCUT2D eigenvalue weighted by molar-refractivity contribution is 5.58.